The summed E-state index contributed by atoms with van der Waals surface area (Å²) in [5, 5.41) is 9.00. The summed E-state index contributed by atoms with van der Waals surface area (Å²) in [6.07, 6.45) is 0.127. The van der Waals surface area contributed by atoms with E-state index < -0.39 is 5.97 Å². The largest absolute Gasteiger partial charge is 0.477 e. The summed E-state index contributed by atoms with van der Waals surface area (Å²) in [6.45, 7) is 3.32. The number of aromatic nitrogens is 1. The molecule has 17 heavy (non-hydrogen) atoms. The first kappa shape index (κ1) is 11.4. The van der Waals surface area contributed by atoms with Crippen LogP contribution in [0, 0.1) is 12.8 Å². The van der Waals surface area contributed by atoms with Crippen LogP contribution in [0.5, 0.6) is 0 Å². The molecule has 1 aliphatic rings. The van der Waals surface area contributed by atoms with Crippen LogP contribution in [0.4, 0.5) is 5.69 Å². The molecule has 0 saturated carbocycles. The van der Waals surface area contributed by atoms with Crippen molar-refractivity contribution < 1.29 is 19.5 Å². The fourth-order valence-electron chi connectivity index (χ4n) is 1.95. The molecule has 0 aromatic carbocycles. The van der Waals surface area contributed by atoms with Gasteiger partial charge in [-0.15, -0.1) is 0 Å². The molecule has 1 aliphatic heterocycles. The Morgan fingerprint density at radius 1 is 1.53 bits per heavy atom. The lowest BCUT2D eigenvalue weighted by atomic mass is 10.1. The predicted octanol–water partition coefficient (Wildman–Crippen LogP) is 0.921. The molecular formula is C11H12N2O4. The van der Waals surface area contributed by atoms with Gasteiger partial charge >= 0.3 is 5.97 Å². The lowest BCUT2D eigenvalue weighted by Gasteiger charge is -2.13. The maximum atomic E-state index is 11.8. The van der Waals surface area contributed by atoms with E-state index in [0.29, 0.717) is 5.69 Å². The molecule has 6 nitrogen and oxygen atoms in total. The second-order valence-electron chi connectivity index (χ2n) is 4.19. The number of aryl methyl sites for hydroxylation is 1. The van der Waals surface area contributed by atoms with Crippen molar-refractivity contribution in [3.8, 4) is 0 Å². The number of carbonyl (C=O) groups is 3. The predicted molar refractivity (Wildman–Crippen MR) is 58.8 cm³/mol. The van der Waals surface area contributed by atoms with Gasteiger partial charge in [0.15, 0.2) is 0 Å². The van der Waals surface area contributed by atoms with Crippen molar-refractivity contribution in [3.05, 3.63) is 17.5 Å². The molecular weight excluding hydrogens is 224 g/mol. The standard InChI is InChI=1S/C11H12N2O4/c1-5-3-8(14)13(10(5)15)7-4-6(2)12-9(7)11(16)17/h4-5,12H,3H2,1-2H3,(H,16,17). The van der Waals surface area contributed by atoms with Gasteiger partial charge < -0.3 is 10.1 Å². The van der Waals surface area contributed by atoms with Crippen LogP contribution in [-0.4, -0.2) is 27.9 Å². The molecule has 1 aromatic heterocycles. The Morgan fingerprint density at radius 3 is 2.65 bits per heavy atom. The Bertz CT molecular complexity index is 518. The van der Waals surface area contributed by atoms with Crippen molar-refractivity contribution in [1.29, 1.82) is 0 Å². The molecule has 1 unspecified atom stereocenters. The van der Waals surface area contributed by atoms with Crippen LogP contribution in [0.15, 0.2) is 6.07 Å². The number of carboxylic acid groups (broad SMARTS) is 1. The topological polar surface area (TPSA) is 90.5 Å². The van der Waals surface area contributed by atoms with Crippen molar-refractivity contribution >= 4 is 23.5 Å². The molecule has 0 bridgehead atoms. The number of aromatic amines is 1. The SMILES string of the molecule is Cc1cc(N2C(=O)CC(C)C2=O)c(C(=O)O)[nH]1. The second-order valence-corrected chi connectivity index (χ2v) is 4.19. The Labute approximate surface area is 97.2 Å². The number of carboxylic acids is 1. The number of aromatic carboxylic acids is 1. The van der Waals surface area contributed by atoms with Crippen LogP contribution in [0.2, 0.25) is 0 Å². The van der Waals surface area contributed by atoms with Crippen LogP contribution in [0.1, 0.15) is 29.5 Å². The highest BCUT2D eigenvalue weighted by molar-refractivity contribution is 6.22. The fraction of sp³-hybridized carbons (Fsp3) is 0.364. The molecule has 1 aromatic rings. The van der Waals surface area contributed by atoms with Crippen LogP contribution in [0.25, 0.3) is 0 Å². The number of amides is 2. The molecule has 1 saturated heterocycles. The smallest absolute Gasteiger partial charge is 0.354 e. The highest BCUT2D eigenvalue weighted by Crippen LogP contribution is 2.29. The second kappa shape index (κ2) is 3.73. The number of hydrogen-bond donors (Lipinski definition) is 2. The number of rotatable bonds is 2. The minimum absolute atomic E-state index is 0.127. The van der Waals surface area contributed by atoms with E-state index >= 15 is 0 Å². The quantitative estimate of drug-likeness (QED) is 0.747. The number of anilines is 1. The lowest BCUT2D eigenvalue weighted by Crippen LogP contribution is -2.31. The molecule has 2 amide bonds. The van der Waals surface area contributed by atoms with Gasteiger partial charge in [-0.25, -0.2) is 9.69 Å². The zero-order chi connectivity index (χ0) is 12.7. The zero-order valence-corrected chi connectivity index (χ0v) is 9.48. The maximum absolute atomic E-state index is 11.8. The van der Waals surface area contributed by atoms with E-state index in [1.54, 1.807) is 13.8 Å². The molecule has 90 valence electrons. The molecule has 6 heteroatoms. The number of carbonyl (C=O) groups excluding carboxylic acids is 2. The summed E-state index contributed by atoms with van der Waals surface area (Å²) in [4.78, 5) is 38.1. The molecule has 2 N–H and O–H groups in total. The summed E-state index contributed by atoms with van der Waals surface area (Å²) in [5.74, 6) is -2.28. The van der Waals surface area contributed by atoms with E-state index in [4.69, 9.17) is 5.11 Å². The van der Waals surface area contributed by atoms with E-state index in [9.17, 15) is 14.4 Å². The van der Waals surface area contributed by atoms with Gasteiger partial charge in [0.1, 0.15) is 5.69 Å². The first-order valence-corrected chi connectivity index (χ1v) is 5.21. The normalized spacial score (nSPS) is 20.1. The summed E-state index contributed by atoms with van der Waals surface area (Å²) in [7, 11) is 0. The minimum atomic E-state index is -1.19. The third-order valence-corrected chi connectivity index (χ3v) is 2.76. The third kappa shape index (κ3) is 1.71. The van der Waals surface area contributed by atoms with Crippen molar-refractivity contribution in [2.75, 3.05) is 4.90 Å². The summed E-state index contributed by atoms with van der Waals surface area (Å²) in [5.41, 5.74) is 0.602. The third-order valence-electron chi connectivity index (χ3n) is 2.76. The summed E-state index contributed by atoms with van der Waals surface area (Å²) < 4.78 is 0. The van der Waals surface area contributed by atoms with Gasteiger partial charge in [0.2, 0.25) is 11.8 Å². The molecule has 1 fully saturated rings. The lowest BCUT2D eigenvalue weighted by molar-refractivity contribution is -0.122. The average Bonchev–Trinajstić information content (AvgIpc) is 2.70. The average molecular weight is 236 g/mol. The highest BCUT2D eigenvalue weighted by Gasteiger charge is 2.39. The fourth-order valence-corrected chi connectivity index (χ4v) is 1.95. The molecule has 1 atom stereocenters. The van der Waals surface area contributed by atoms with Crippen LogP contribution in [-0.2, 0) is 9.59 Å². The van der Waals surface area contributed by atoms with E-state index in [0.717, 1.165) is 4.90 Å². The minimum Gasteiger partial charge on any atom is -0.477 e. The maximum Gasteiger partial charge on any atom is 0.354 e. The molecule has 2 rings (SSSR count). The van der Waals surface area contributed by atoms with Gasteiger partial charge in [0.05, 0.1) is 5.69 Å². The number of hydrogen-bond acceptors (Lipinski definition) is 3. The van der Waals surface area contributed by atoms with Gasteiger partial charge in [0, 0.05) is 18.0 Å². The molecule has 2 heterocycles. The van der Waals surface area contributed by atoms with Crippen LogP contribution >= 0.6 is 0 Å². The zero-order valence-electron chi connectivity index (χ0n) is 9.48. The van der Waals surface area contributed by atoms with Crippen molar-refractivity contribution in [2.24, 2.45) is 5.92 Å². The highest BCUT2D eigenvalue weighted by atomic mass is 16.4. The van der Waals surface area contributed by atoms with Gasteiger partial charge in [-0.2, -0.15) is 0 Å². The first-order chi connectivity index (χ1) is 7.91. The van der Waals surface area contributed by atoms with Crippen LogP contribution in [0.3, 0.4) is 0 Å². The van der Waals surface area contributed by atoms with Crippen LogP contribution < -0.4 is 4.90 Å². The number of H-pyrrole nitrogens is 1. The summed E-state index contributed by atoms with van der Waals surface area (Å²) in [6, 6.07) is 1.50. The number of nitrogens with zero attached hydrogens (tertiary/aromatic N) is 1. The Morgan fingerprint density at radius 2 is 2.18 bits per heavy atom. The van der Waals surface area contributed by atoms with Crippen molar-refractivity contribution in [1.82, 2.24) is 4.98 Å². The van der Waals surface area contributed by atoms with Gasteiger partial charge in [-0.3, -0.25) is 9.59 Å². The van der Waals surface area contributed by atoms with E-state index in [-0.39, 0.29) is 35.5 Å². The Balaban J connectivity index is 2.50. The van der Waals surface area contributed by atoms with E-state index in [1.807, 2.05) is 0 Å². The molecule has 0 radical (unpaired) electrons. The molecule has 0 aliphatic carbocycles. The monoisotopic (exact) mass is 236 g/mol. The van der Waals surface area contributed by atoms with Crippen molar-refractivity contribution in [2.45, 2.75) is 20.3 Å². The van der Waals surface area contributed by atoms with Gasteiger partial charge in [0.25, 0.3) is 0 Å². The van der Waals surface area contributed by atoms with E-state index in [2.05, 4.69) is 4.98 Å². The van der Waals surface area contributed by atoms with Crippen molar-refractivity contribution in [3.63, 3.8) is 0 Å². The number of nitrogens with one attached hydrogen (secondary N) is 1. The summed E-state index contributed by atoms with van der Waals surface area (Å²) >= 11 is 0. The van der Waals surface area contributed by atoms with Gasteiger partial charge in [-0.05, 0) is 13.0 Å². The Kier molecular flexibility index (Phi) is 2.49. The Hall–Kier alpha value is -2.11. The first-order valence-electron chi connectivity index (χ1n) is 5.21. The molecule has 0 spiro atoms. The van der Waals surface area contributed by atoms with Gasteiger partial charge in [-0.1, -0.05) is 6.92 Å². The van der Waals surface area contributed by atoms with E-state index in [1.165, 1.54) is 6.07 Å². The number of imide groups is 1.